The first-order valence-corrected chi connectivity index (χ1v) is 7.66. The number of hydrogen-bond donors (Lipinski definition) is 1. The highest BCUT2D eigenvalue weighted by atomic mass is 79.9. The number of carbonyl (C=O) groups is 1. The predicted octanol–water partition coefficient (Wildman–Crippen LogP) is 3.49. The van der Waals surface area contributed by atoms with Crippen LogP contribution in [0, 0.1) is 0 Å². The molecule has 116 valence electrons. The number of likely N-dealkylation sites (tertiary alicyclic amines) is 1. The zero-order valence-corrected chi connectivity index (χ0v) is 14.4. The van der Waals surface area contributed by atoms with Gasteiger partial charge in [-0.1, -0.05) is 0 Å². The Morgan fingerprint density at radius 3 is 2.62 bits per heavy atom. The Morgan fingerprint density at radius 2 is 2.05 bits per heavy atom. The highest BCUT2D eigenvalue weighted by Crippen LogP contribution is 2.29. The van der Waals surface area contributed by atoms with Crippen LogP contribution in [0.4, 0.5) is 10.5 Å². The first kappa shape index (κ1) is 15.9. The Hall–Kier alpha value is -1.43. The number of hydrogen-bond acceptors (Lipinski definition) is 4. The fraction of sp³-hybridized carbons (Fsp3) is 0.533. The van der Waals surface area contributed by atoms with Crippen molar-refractivity contribution in [3.8, 4) is 5.75 Å². The summed E-state index contributed by atoms with van der Waals surface area (Å²) in [5, 5.41) is 3.38. The van der Waals surface area contributed by atoms with Gasteiger partial charge in [0.05, 0.1) is 17.6 Å². The molecule has 1 aromatic carbocycles. The Bertz CT molecular complexity index is 522. The van der Waals surface area contributed by atoms with E-state index >= 15 is 0 Å². The fourth-order valence-corrected chi connectivity index (χ4v) is 2.44. The monoisotopic (exact) mass is 356 g/mol. The first-order chi connectivity index (χ1) is 9.78. The first-order valence-electron chi connectivity index (χ1n) is 6.86. The lowest BCUT2D eigenvalue weighted by Gasteiger charge is -2.40. The van der Waals surface area contributed by atoms with E-state index in [-0.39, 0.29) is 12.1 Å². The molecule has 0 aliphatic carbocycles. The molecule has 21 heavy (non-hydrogen) atoms. The molecule has 1 aliphatic heterocycles. The molecule has 0 radical (unpaired) electrons. The molecule has 6 heteroatoms. The number of nitrogens with zero attached hydrogens (tertiary/aromatic N) is 1. The minimum absolute atomic E-state index is 0.239. The van der Waals surface area contributed by atoms with Crippen LogP contribution in [-0.2, 0) is 4.74 Å². The van der Waals surface area contributed by atoms with Gasteiger partial charge in [0.1, 0.15) is 11.4 Å². The molecule has 1 aromatic rings. The highest BCUT2D eigenvalue weighted by Gasteiger charge is 2.33. The summed E-state index contributed by atoms with van der Waals surface area (Å²) in [5.74, 6) is 0.781. The third kappa shape index (κ3) is 4.27. The summed E-state index contributed by atoms with van der Waals surface area (Å²) in [5.41, 5.74) is 0.526. The molecular formula is C15H21BrN2O3. The van der Waals surface area contributed by atoms with E-state index in [2.05, 4.69) is 21.2 Å². The van der Waals surface area contributed by atoms with E-state index in [1.54, 1.807) is 12.0 Å². The topological polar surface area (TPSA) is 50.8 Å². The molecule has 0 bridgehead atoms. The van der Waals surface area contributed by atoms with E-state index in [9.17, 15) is 4.79 Å². The summed E-state index contributed by atoms with van der Waals surface area (Å²) in [6.07, 6.45) is -0.256. The molecule has 1 saturated heterocycles. The van der Waals surface area contributed by atoms with Gasteiger partial charge in [0.2, 0.25) is 0 Å². The lowest BCUT2D eigenvalue weighted by molar-refractivity contribution is 0.0105. The highest BCUT2D eigenvalue weighted by molar-refractivity contribution is 9.10. The van der Waals surface area contributed by atoms with Gasteiger partial charge in [0.15, 0.2) is 0 Å². The molecule has 0 unspecified atom stereocenters. The van der Waals surface area contributed by atoms with Crippen LogP contribution in [0.25, 0.3) is 0 Å². The number of anilines is 1. The molecular weight excluding hydrogens is 336 g/mol. The van der Waals surface area contributed by atoms with Gasteiger partial charge in [-0.3, -0.25) is 0 Å². The van der Waals surface area contributed by atoms with Gasteiger partial charge in [0.25, 0.3) is 0 Å². The zero-order valence-electron chi connectivity index (χ0n) is 12.8. The third-order valence-corrected chi connectivity index (χ3v) is 3.71. The number of halogens is 1. The summed E-state index contributed by atoms with van der Waals surface area (Å²) in [6.45, 7) is 6.90. The minimum Gasteiger partial charge on any atom is -0.495 e. The Labute approximate surface area is 133 Å². The number of nitrogens with one attached hydrogen (secondary N) is 1. The van der Waals surface area contributed by atoms with Gasteiger partial charge in [-0.15, -0.1) is 0 Å². The molecule has 0 saturated carbocycles. The van der Waals surface area contributed by atoms with E-state index in [0.717, 1.165) is 15.9 Å². The van der Waals surface area contributed by atoms with Crippen LogP contribution in [0.5, 0.6) is 5.75 Å². The second kappa shape index (κ2) is 6.13. The van der Waals surface area contributed by atoms with Crippen molar-refractivity contribution in [3.63, 3.8) is 0 Å². The van der Waals surface area contributed by atoms with Gasteiger partial charge in [-0.25, -0.2) is 4.79 Å². The molecule has 2 rings (SSSR count). The van der Waals surface area contributed by atoms with Gasteiger partial charge in [-0.05, 0) is 48.8 Å². The summed E-state index contributed by atoms with van der Waals surface area (Å²) in [4.78, 5) is 13.5. The molecule has 5 nitrogen and oxygen atoms in total. The SMILES string of the molecule is COc1cc(NC2CN(C(=O)OC(C)(C)C)C2)ccc1Br. The summed E-state index contributed by atoms with van der Waals surface area (Å²) < 4.78 is 11.5. The Morgan fingerprint density at radius 1 is 1.38 bits per heavy atom. The fourth-order valence-electron chi connectivity index (χ4n) is 2.03. The summed E-state index contributed by atoms with van der Waals surface area (Å²) in [6, 6.07) is 6.08. The van der Waals surface area contributed by atoms with Crippen molar-refractivity contribution in [1.29, 1.82) is 0 Å². The molecule has 0 spiro atoms. The Kier molecular flexibility index (Phi) is 4.66. The number of amides is 1. The smallest absolute Gasteiger partial charge is 0.410 e. The lowest BCUT2D eigenvalue weighted by Crippen LogP contribution is -2.57. The number of rotatable bonds is 3. The van der Waals surface area contributed by atoms with Crippen molar-refractivity contribution in [2.24, 2.45) is 0 Å². The van der Waals surface area contributed by atoms with Gasteiger partial charge in [-0.2, -0.15) is 0 Å². The average molecular weight is 357 g/mol. The van der Waals surface area contributed by atoms with Crippen molar-refractivity contribution in [2.45, 2.75) is 32.4 Å². The van der Waals surface area contributed by atoms with Crippen molar-refractivity contribution in [2.75, 3.05) is 25.5 Å². The van der Waals surface area contributed by atoms with E-state index in [1.165, 1.54) is 0 Å². The Balaban J connectivity index is 1.84. The number of carbonyl (C=O) groups excluding carboxylic acids is 1. The second-order valence-electron chi connectivity index (χ2n) is 6.08. The molecule has 1 heterocycles. The minimum atomic E-state index is -0.450. The van der Waals surface area contributed by atoms with E-state index in [4.69, 9.17) is 9.47 Å². The third-order valence-electron chi connectivity index (χ3n) is 3.06. The maximum absolute atomic E-state index is 11.8. The van der Waals surface area contributed by atoms with E-state index in [1.807, 2.05) is 39.0 Å². The molecule has 1 N–H and O–H groups in total. The second-order valence-corrected chi connectivity index (χ2v) is 6.93. The zero-order chi connectivity index (χ0) is 15.6. The largest absolute Gasteiger partial charge is 0.495 e. The van der Waals surface area contributed by atoms with Crippen molar-refractivity contribution < 1.29 is 14.3 Å². The quantitative estimate of drug-likeness (QED) is 0.900. The number of benzene rings is 1. The van der Waals surface area contributed by atoms with Crippen LogP contribution in [0.3, 0.4) is 0 Å². The lowest BCUT2D eigenvalue weighted by atomic mass is 10.1. The molecule has 1 aliphatic rings. The summed E-state index contributed by atoms with van der Waals surface area (Å²) >= 11 is 3.42. The number of methoxy groups -OCH3 is 1. The molecule has 1 fully saturated rings. The van der Waals surface area contributed by atoms with Crippen LogP contribution in [0.15, 0.2) is 22.7 Å². The molecule has 1 amide bonds. The normalized spacial score (nSPS) is 15.4. The van der Waals surface area contributed by atoms with Gasteiger partial charge in [0, 0.05) is 24.8 Å². The molecule has 0 aromatic heterocycles. The van der Waals surface area contributed by atoms with Crippen molar-refractivity contribution in [3.05, 3.63) is 22.7 Å². The number of ether oxygens (including phenoxy) is 2. The standard InChI is InChI=1S/C15H21BrN2O3/c1-15(2,3)21-14(19)18-8-11(9-18)17-10-5-6-12(16)13(7-10)20-4/h5-7,11,17H,8-9H2,1-4H3. The summed E-state index contributed by atoms with van der Waals surface area (Å²) in [7, 11) is 1.64. The van der Waals surface area contributed by atoms with Crippen LogP contribution in [0.1, 0.15) is 20.8 Å². The van der Waals surface area contributed by atoms with Crippen LogP contribution in [-0.4, -0.2) is 42.8 Å². The van der Waals surface area contributed by atoms with Gasteiger partial charge >= 0.3 is 6.09 Å². The van der Waals surface area contributed by atoms with E-state index in [0.29, 0.717) is 13.1 Å². The predicted molar refractivity (Wildman–Crippen MR) is 85.9 cm³/mol. The van der Waals surface area contributed by atoms with Crippen LogP contribution in [0.2, 0.25) is 0 Å². The maximum Gasteiger partial charge on any atom is 0.410 e. The average Bonchev–Trinajstić information content (AvgIpc) is 2.32. The van der Waals surface area contributed by atoms with Crippen LogP contribution >= 0.6 is 15.9 Å². The molecule has 0 atom stereocenters. The van der Waals surface area contributed by atoms with Gasteiger partial charge < -0.3 is 19.7 Å². The van der Waals surface area contributed by atoms with Crippen LogP contribution < -0.4 is 10.1 Å². The van der Waals surface area contributed by atoms with Crippen molar-refractivity contribution in [1.82, 2.24) is 4.90 Å². The maximum atomic E-state index is 11.8. The van der Waals surface area contributed by atoms with E-state index < -0.39 is 5.60 Å². The van der Waals surface area contributed by atoms with Crippen molar-refractivity contribution >= 4 is 27.7 Å².